The molecule has 1 atom stereocenters. The lowest BCUT2D eigenvalue weighted by Crippen LogP contribution is -2.42. The Morgan fingerprint density at radius 2 is 2.24 bits per heavy atom. The number of nitrogens with zero attached hydrogens (tertiary/aromatic N) is 2. The average Bonchev–Trinajstić information content (AvgIpc) is 2.95. The molecule has 1 fully saturated rings. The lowest BCUT2D eigenvalue weighted by Gasteiger charge is -2.33. The van der Waals surface area contributed by atoms with Crippen molar-refractivity contribution < 1.29 is 9.90 Å². The highest BCUT2D eigenvalue weighted by Gasteiger charge is 2.25. The van der Waals surface area contributed by atoms with E-state index in [4.69, 9.17) is 0 Å². The maximum atomic E-state index is 12.3. The van der Waals surface area contributed by atoms with E-state index in [9.17, 15) is 9.90 Å². The van der Waals surface area contributed by atoms with E-state index in [-0.39, 0.29) is 12.1 Å². The topological polar surface area (TPSA) is 65.5 Å². The van der Waals surface area contributed by atoms with Gasteiger partial charge in [0, 0.05) is 30.4 Å². The molecule has 21 heavy (non-hydrogen) atoms. The van der Waals surface area contributed by atoms with Gasteiger partial charge in [0.25, 0.3) is 0 Å². The Kier molecular flexibility index (Phi) is 4.07. The van der Waals surface area contributed by atoms with E-state index < -0.39 is 0 Å². The predicted octanol–water partition coefficient (Wildman–Crippen LogP) is 2.92. The zero-order valence-corrected chi connectivity index (χ0v) is 12.8. The number of nitrogens with one attached hydrogen (secondary N) is 1. The second-order valence-corrected chi connectivity index (χ2v) is 6.41. The van der Waals surface area contributed by atoms with E-state index >= 15 is 0 Å². The molecular formula is C15H19N3O2S. The zero-order chi connectivity index (χ0) is 14.8. The molecule has 0 bridgehead atoms. The van der Waals surface area contributed by atoms with Crippen LogP contribution in [0.5, 0.6) is 0 Å². The monoisotopic (exact) mass is 305 g/mol. The number of aromatic nitrogens is 1. The molecule has 1 aliphatic heterocycles. The number of hydrogen-bond donors (Lipinski definition) is 2. The summed E-state index contributed by atoms with van der Waals surface area (Å²) in [5.41, 5.74) is 0.797. The molecule has 0 radical (unpaired) electrons. The van der Waals surface area contributed by atoms with Gasteiger partial charge in [0.2, 0.25) is 0 Å². The highest BCUT2D eigenvalue weighted by Crippen LogP contribution is 2.24. The van der Waals surface area contributed by atoms with Crippen molar-refractivity contribution >= 4 is 33.3 Å². The number of piperidine rings is 1. The van der Waals surface area contributed by atoms with Crippen LogP contribution in [-0.2, 0) is 0 Å². The van der Waals surface area contributed by atoms with Gasteiger partial charge in [-0.05, 0) is 55.4 Å². The lowest BCUT2D eigenvalue weighted by molar-refractivity contribution is 0.0820. The van der Waals surface area contributed by atoms with Crippen LogP contribution in [0.15, 0.2) is 24.4 Å². The quantitative estimate of drug-likeness (QED) is 0.896. The minimum Gasteiger partial charge on any atom is -0.393 e. The molecule has 1 aliphatic rings. The summed E-state index contributed by atoms with van der Waals surface area (Å²) in [6, 6.07) is 5.75. The van der Waals surface area contributed by atoms with Crippen LogP contribution in [0.1, 0.15) is 19.8 Å². The van der Waals surface area contributed by atoms with Crippen LogP contribution in [-0.4, -0.2) is 39.6 Å². The van der Waals surface area contributed by atoms with Gasteiger partial charge < -0.3 is 15.3 Å². The third kappa shape index (κ3) is 3.16. The molecule has 1 aromatic heterocycles. The van der Waals surface area contributed by atoms with Gasteiger partial charge in [-0.15, -0.1) is 0 Å². The van der Waals surface area contributed by atoms with Gasteiger partial charge in [0.05, 0.1) is 10.8 Å². The van der Waals surface area contributed by atoms with Gasteiger partial charge in [-0.1, -0.05) is 0 Å². The fourth-order valence-electron chi connectivity index (χ4n) is 2.74. The maximum Gasteiger partial charge on any atom is 0.321 e. The van der Waals surface area contributed by atoms with Crippen molar-refractivity contribution in [2.24, 2.45) is 5.92 Å². The van der Waals surface area contributed by atoms with Crippen molar-refractivity contribution in [3.63, 3.8) is 0 Å². The summed E-state index contributed by atoms with van der Waals surface area (Å²) < 4.78 is 5.25. The van der Waals surface area contributed by atoms with Gasteiger partial charge >= 0.3 is 6.03 Å². The molecule has 6 heteroatoms. The third-order valence-electron chi connectivity index (χ3n) is 4.11. The summed E-state index contributed by atoms with van der Waals surface area (Å²) >= 11 is 1.45. The lowest BCUT2D eigenvalue weighted by atomic mass is 9.92. The molecule has 2 amide bonds. The van der Waals surface area contributed by atoms with E-state index in [1.807, 2.05) is 36.2 Å². The van der Waals surface area contributed by atoms with Crippen molar-refractivity contribution in [2.75, 3.05) is 18.4 Å². The molecule has 0 saturated carbocycles. The first-order valence-electron chi connectivity index (χ1n) is 7.22. The second kappa shape index (κ2) is 5.99. The summed E-state index contributed by atoms with van der Waals surface area (Å²) in [6.45, 7) is 3.22. The number of hydrogen-bond acceptors (Lipinski definition) is 4. The van der Waals surface area contributed by atoms with Crippen molar-refractivity contribution in [1.29, 1.82) is 0 Å². The Morgan fingerprint density at radius 1 is 1.48 bits per heavy atom. The third-order valence-corrected chi connectivity index (χ3v) is 4.89. The van der Waals surface area contributed by atoms with Gasteiger partial charge in [-0.3, -0.25) is 0 Å². The number of fused-ring (bicyclic) bond motifs is 1. The van der Waals surface area contributed by atoms with Gasteiger partial charge in [-0.25, -0.2) is 4.79 Å². The predicted molar refractivity (Wildman–Crippen MR) is 84.6 cm³/mol. The van der Waals surface area contributed by atoms with Crippen LogP contribution in [0.2, 0.25) is 0 Å². The van der Waals surface area contributed by atoms with E-state index in [1.165, 1.54) is 11.5 Å². The van der Waals surface area contributed by atoms with Gasteiger partial charge in [0.15, 0.2) is 0 Å². The van der Waals surface area contributed by atoms with Gasteiger partial charge in [0.1, 0.15) is 0 Å². The smallest absolute Gasteiger partial charge is 0.321 e. The molecule has 2 aromatic rings. The summed E-state index contributed by atoms with van der Waals surface area (Å²) in [6.07, 6.45) is 3.24. The van der Waals surface area contributed by atoms with Crippen LogP contribution in [0, 0.1) is 5.92 Å². The van der Waals surface area contributed by atoms with Crippen LogP contribution in [0.3, 0.4) is 0 Å². The SMILES string of the molecule is CC(O)C1CCN(C(=O)Nc2ccc3sncc3c2)CC1. The molecule has 0 spiro atoms. The maximum absolute atomic E-state index is 12.3. The summed E-state index contributed by atoms with van der Waals surface area (Å²) in [7, 11) is 0. The number of carbonyl (C=O) groups excluding carboxylic acids is 1. The van der Waals surface area contributed by atoms with E-state index in [0.717, 1.165) is 28.6 Å². The number of benzene rings is 1. The van der Waals surface area contributed by atoms with Crippen LogP contribution in [0.4, 0.5) is 10.5 Å². The molecule has 5 nitrogen and oxygen atoms in total. The number of amides is 2. The second-order valence-electron chi connectivity index (χ2n) is 5.57. The molecule has 0 aliphatic carbocycles. The molecule has 2 heterocycles. The molecule has 2 N–H and O–H groups in total. The number of anilines is 1. The number of likely N-dealkylation sites (tertiary alicyclic amines) is 1. The first-order chi connectivity index (χ1) is 10.1. The van der Waals surface area contributed by atoms with E-state index in [2.05, 4.69) is 9.69 Å². The molecule has 3 rings (SSSR count). The van der Waals surface area contributed by atoms with Crippen LogP contribution in [0.25, 0.3) is 10.1 Å². The molecule has 1 unspecified atom stereocenters. The minimum atomic E-state index is -0.288. The molecule has 1 saturated heterocycles. The fraction of sp³-hybridized carbons (Fsp3) is 0.467. The Labute approximate surface area is 127 Å². The standard InChI is InChI=1S/C15H19N3O2S/c1-10(19)11-4-6-18(7-5-11)15(20)17-13-2-3-14-12(8-13)9-16-21-14/h2-3,8-11,19H,4-7H2,1H3,(H,17,20). The Hall–Kier alpha value is -1.66. The Morgan fingerprint density at radius 3 is 2.95 bits per heavy atom. The number of aliphatic hydroxyl groups excluding tert-OH is 1. The number of urea groups is 1. The molecule has 1 aromatic carbocycles. The minimum absolute atomic E-state index is 0.0680. The normalized spacial score (nSPS) is 17.9. The first-order valence-corrected chi connectivity index (χ1v) is 7.99. The van der Waals surface area contributed by atoms with Crippen molar-refractivity contribution in [2.45, 2.75) is 25.9 Å². The van der Waals surface area contributed by atoms with Crippen LogP contribution < -0.4 is 5.32 Å². The largest absolute Gasteiger partial charge is 0.393 e. The highest BCUT2D eigenvalue weighted by atomic mass is 32.1. The number of carbonyl (C=O) groups is 1. The summed E-state index contributed by atoms with van der Waals surface area (Å²) in [4.78, 5) is 14.1. The van der Waals surface area contributed by atoms with E-state index in [1.54, 1.807) is 0 Å². The first kappa shape index (κ1) is 14.3. The molecule has 112 valence electrons. The fourth-order valence-corrected chi connectivity index (χ4v) is 3.36. The van der Waals surface area contributed by atoms with Crippen molar-refractivity contribution in [3.05, 3.63) is 24.4 Å². The molecular weight excluding hydrogens is 286 g/mol. The Balaban J connectivity index is 1.61. The van der Waals surface area contributed by atoms with Crippen molar-refractivity contribution in [1.82, 2.24) is 9.27 Å². The summed E-state index contributed by atoms with van der Waals surface area (Å²) in [5, 5.41) is 13.6. The van der Waals surface area contributed by atoms with Gasteiger partial charge in [-0.2, -0.15) is 4.37 Å². The van der Waals surface area contributed by atoms with E-state index in [0.29, 0.717) is 19.0 Å². The van der Waals surface area contributed by atoms with Crippen molar-refractivity contribution in [3.8, 4) is 0 Å². The van der Waals surface area contributed by atoms with Crippen LogP contribution >= 0.6 is 11.5 Å². The summed E-state index contributed by atoms with van der Waals surface area (Å²) in [5.74, 6) is 0.308. The Bertz CT molecular complexity index is 633. The number of aliphatic hydroxyl groups is 1. The zero-order valence-electron chi connectivity index (χ0n) is 12.0. The average molecular weight is 305 g/mol. The highest BCUT2D eigenvalue weighted by molar-refractivity contribution is 7.13. The number of rotatable bonds is 2.